The highest BCUT2D eigenvalue weighted by Gasteiger charge is 2.42. The number of nitrogens with one attached hydrogen (secondary N) is 1. The van der Waals surface area contributed by atoms with Crippen molar-refractivity contribution in [2.45, 2.75) is 33.1 Å². The van der Waals surface area contributed by atoms with Crippen LogP contribution in [-0.4, -0.2) is 30.0 Å². The van der Waals surface area contributed by atoms with E-state index in [0.29, 0.717) is 6.42 Å². The van der Waals surface area contributed by atoms with Gasteiger partial charge in [0.25, 0.3) is 0 Å². The van der Waals surface area contributed by atoms with Crippen molar-refractivity contribution in [3.8, 4) is 5.75 Å². The molecule has 0 radical (unpaired) electrons. The lowest BCUT2D eigenvalue weighted by Gasteiger charge is -2.13. The molecule has 1 aliphatic rings. The molecular weight excluding hydrogens is 422 g/mol. The van der Waals surface area contributed by atoms with Gasteiger partial charge in [-0.15, -0.1) is 0 Å². The maximum absolute atomic E-state index is 13.1. The Hall–Kier alpha value is -2.68. The third-order valence-corrected chi connectivity index (χ3v) is 8.39. The highest BCUT2D eigenvalue weighted by atomic mass is 32.2. The predicted molar refractivity (Wildman–Crippen MR) is 113 cm³/mol. The molecule has 0 saturated heterocycles. The summed E-state index contributed by atoms with van der Waals surface area (Å²) >= 11 is 0. The van der Waals surface area contributed by atoms with Crippen molar-refractivity contribution in [3.63, 3.8) is 0 Å². The normalized spacial score (nSPS) is 18.7. The minimum absolute atomic E-state index is 0.0893. The summed E-state index contributed by atoms with van der Waals surface area (Å²) < 4.78 is 59.9. The molecule has 2 atom stereocenters. The topological polar surface area (TPSA) is 89.5 Å². The highest BCUT2D eigenvalue weighted by Crippen LogP contribution is 2.42. The number of sulfonamides is 1. The van der Waals surface area contributed by atoms with Crippen molar-refractivity contribution in [3.05, 3.63) is 84.4 Å². The molecule has 0 aromatic heterocycles. The molecule has 156 valence electrons. The van der Waals surface area contributed by atoms with Crippen LogP contribution in [0, 0.1) is 0 Å². The molecule has 4 rings (SSSR count). The Morgan fingerprint density at radius 2 is 1.47 bits per heavy atom. The number of ether oxygens (including phenoxy) is 1. The zero-order valence-corrected chi connectivity index (χ0v) is 17.9. The molecule has 6 nitrogen and oxygen atoms in total. The van der Waals surface area contributed by atoms with Crippen LogP contribution in [0.1, 0.15) is 17.9 Å². The zero-order valence-electron chi connectivity index (χ0n) is 16.2. The Labute approximate surface area is 176 Å². The van der Waals surface area contributed by atoms with Crippen molar-refractivity contribution >= 4 is 19.9 Å². The van der Waals surface area contributed by atoms with Gasteiger partial charge in [0.1, 0.15) is 10.6 Å². The lowest BCUT2D eigenvalue weighted by molar-refractivity contribution is 0.401. The molecule has 8 heteroatoms. The molecule has 3 aromatic carbocycles. The van der Waals surface area contributed by atoms with Crippen molar-refractivity contribution < 1.29 is 21.6 Å². The fourth-order valence-corrected chi connectivity index (χ4v) is 6.29. The molecule has 1 aliphatic carbocycles. The zero-order chi connectivity index (χ0) is 21.4. The highest BCUT2D eigenvalue weighted by molar-refractivity contribution is 7.91. The van der Waals surface area contributed by atoms with E-state index in [0.717, 1.165) is 11.6 Å². The van der Waals surface area contributed by atoms with E-state index in [1.807, 2.05) is 30.3 Å². The van der Waals surface area contributed by atoms with E-state index >= 15 is 0 Å². The van der Waals surface area contributed by atoms with Gasteiger partial charge in [0.2, 0.25) is 19.9 Å². The van der Waals surface area contributed by atoms with E-state index in [1.165, 1.54) is 31.4 Å². The summed E-state index contributed by atoms with van der Waals surface area (Å²) in [5, 5.41) is 0. The lowest BCUT2D eigenvalue weighted by atomic mass is 10.1. The van der Waals surface area contributed by atoms with Crippen molar-refractivity contribution in [1.29, 1.82) is 0 Å². The summed E-state index contributed by atoms with van der Waals surface area (Å²) in [6.07, 6.45) is 0.688. The second-order valence-corrected chi connectivity index (χ2v) is 10.7. The molecule has 0 heterocycles. The van der Waals surface area contributed by atoms with Gasteiger partial charge in [0.15, 0.2) is 0 Å². The summed E-state index contributed by atoms with van der Waals surface area (Å²) in [4.78, 5) is -0.205. The van der Waals surface area contributed by atoms with Crippen LogP contribution in [0.3, 0.4) is 0 Å². The summed E-state index contributed by atoms with van der Waals surface area (Å²) in [7, 11) is -6.50. The molecule has 0 spiro atoms. The van der Waals surface area contributed by atoms with Gasteiger partial charge in [-0.25, -0.2) is 21.6 Å². The number of hydrogen-bond acceptors (Lipinski definition) is 5. The first-order valence-electron chi connectivity index (χ1n) is 9.38. The standard InChI is InChI=1S/C22H21NO5S2/c1-28-21-13-12-18(29(24,25)17-10-6-3-7-11-17)14-22(21)30(26,27)23-20-15-19(20)16-8-4-2-5-9-16/h2-14,19-20,23H,15H2,1H3. The number of rotatable bonds is 7. The van der Waals surface area contributed by atoms with Crippen LogP contribution in [0.15, 0.2) is 93.5 Å². The molecule has 30 heavy (non-hydrogen) atoms. The maximum atomic E-state index is 13.1. The van der Waals surface area contributed by atoms with Crippen LogP contribution >= 0.6 is 0 Å². The number of hydrogen-bond donors (Lipinski definition) is 1. The third kappa shape index (κ3) is 3.98. The van der Waals surface area contributed by atoms with Crippen molar-refractivity contribution in [2.24, 2.45) is 0 Å². The van der Waals surface area contributed by atoms with E-state index in [9.17, 15) is 16.8 Å². The molecule has 1 saturated carbocycles. The predicted octanol–water partition coefficient (Wildman–Crippen LogP) is 3.36. The van der Waals surface area contributed by atoms with Gasteiger partial charge in [0, 0.05) is 12.0 Å². The summed E-state index contributed by atoms with van der Waals surface area (Å²) in [5.74, 6) is 0.189. The van der Waals surface area contributed by atoms with Crippen LogP contribution in [-0.2, 0) is 19.9 Å². The second-order valence-electron chi connectivity index (χ2n) is 7.11. The molecule has 1 N–H and O–H groups in total. The van der Waals surface area contributed by atoms with Crippen LogP contribution in [0.5, 0.6) is 5.75 Å². The van der Waals surface area contributed by atoms with E-state index in [1.54, 1.807) is 18.2 Å². The Bertz CT molecular complexity index is 1260. The second kappa shape index (κ2) is 7.86. The van der Waals surface area contributed by atoms with Crippen LogP contribution in [0.25, 0.3) is 0 Å². The largest absolute Gasteiger partial charge is 0.495 e. The van der Waals surface area contributed by atoms with Crippen LogP contribution in [0.2, 0.25) is 0 Å². The molecule has 3 aromatic rings. The van der Waals surface area contributed by atoms with Gasteiger partial charge in [-0.2, -0.15) is 0 Å². The van der Waals surface area contributed by atoms with Gasteiger partial charge in [-0.1, -0.05) is 48.5 Å². The first-order chi connectivity index (χ1) is 14.3. The quantitative estimate of drug-likeness (QED) is 0.605. The molecule has 0 aliphatic heterocycles. The van der Waals surface area contributed by atoms with E-state index in [4.69, 9.17) is 4.74 Å². The van der Waals surface area contributed by atoms with E-state index < -0.39 is 19.9 Å². The van der Waals surface area contributed by atoms with Gasteiger partial charge in [0.05, 0.1) is 16.9 Å². The summed E-state index contributed by atoms with van der Waals surface area (Å²) in [5.41, 5.74) is 1.07. The third-order valence-electron chi connectivity index (χ3n) is 5.11. The minimum Gasteiger partial charge on any atom is -0.495 e. The number of benzene rings is 3. The van der Waals surface area contributed by atoms with E-state index in [2.05, 4.69) is 4.72 Å². The first-order valence-corrected chi connectivity index (χ1v) is 12.3. The molecule has 1 fully saturated rings. The fraction of sp³-hybridized carbons (Fsp3) is 0.182. The smallest absolute Gasteiger partial charge is 0.244 e. The van der Waals surface area contributed by atoms with Gasteiger partial charge in [-0.05, 0) is 42.3 Å². The summed E-state index contributed by atoms with van der Waals surface area (Å²) in [6.45, 7) is 0. The van der Waals surface area contributed by atoms with E-state index in [-0.39, 0.29) is 32.4 Å². The molecule has 2 unspecified atom stereocenters. The average Bonchev–Trinajstić information content (AvgIpc) is 3.52. The Morgan fingerprint density at radius 1 is 0.833 bits per heavy atom. The molecule has 0 amide bonds. The Morgan fingerprint density at radius 3 is 2.10 bits per heavy atom. The van der Waals surface area contributed by atoms with Crippen LogP contribution < -0.4 is 9.46 Å². The SMILES string of the molecule is COc1ccc(S(=O)(=O)c2ccccc2)cc1S(=O)(=O)NC1CC1c1ccccc1. The van der Waals surface area contributed by atoms with Crippen molar-refractivity contribution in [1.82, 2.24) is 4.72 Å². The van der Waals surface area contributed by atoms with Crippen LogP contribution in [0.4, 0.5) is 0 Å². The number of sulfone groups is 1. The molecule has 0 bridgehead atoms. The maximum Gasteiger partial charge on any atom is 0.244 e. The summed E-state index contributed by atoms with van der Waals surface area (Å²) in [6, 6.07) is 21.2. The Kier molecular flexibility index (Phi) is 5.40. The average molecular weight is 444 g/mol. The Balaban J connectivity index is 1.65. The van der Waals surface area contributed by atoms with Gasteiger partial charge in [-0.3, -0.25) is 0 Å². The van der Waals surface area contributed by atoms with Crippen molar-refractivity contribution in [2.75, 3.05) is 7.11 Å². The minimum atomic E-state index is -3.99. The lowest BCUT2D eigenvalue weighted by Crippen LogP contribution is -2.27. The van der Waals surface area contributed by atoms with Gasteiger partial charge < -0.3 is 4.74 Å². The monoisotopic (exact) mass is 443 g/mol. The number of methoxy groups -OCH3 is 1. The first kappa shape index (κ1) is 20.6. The van der Waals surface area contributed by atoms with Gasteiger partial charge >= 0.3 is 0 Å². The fourth-order valence-electron chi connectivity index (χ4n) is 3.43. The molecular formula is C22H21NO5S2.